The van der Waals surface area contributed by atoms with Crippen molar-refractivity contribution in [1.82, 2.24) is 4.90 Å². The SMILES string of the molecule is CC.CC1OCC2(CC2)CN1C(=O)C(F)(F)F. The molecular formula is C11H18F3NO2. The standard InChI is InChI=1S/C9H12F3NO2.C2H6/c1-6-13(7(14)9(10,11)12)4-8(2-3-8)5-15-6;1-2/h6H,2-5H2,1H3;1-2H3. The molecule has 0 aromatic rings. The lowest BCUT2D eigenvalue weighted by molar-refractivity contribution is -0.207. The summed E-state index contributed by atoms with van der Waals surface area (Å²) in [5, 5.41) is 0. The zero-order valence-electron chi connectivity index (χ0n) is 10.3. The highest BCUT2D eigenvalue weighted by atomic mass is 19.4. The van der Waals surface area contributed by atoms with Gasteiger partial charge in [0.05, 0.1) is 6.61 Å². The highest BCUT2D eigenvalue weighted by molar-refractivity contribution is 5.82. The highest BCUT2D eigenvalue weighted by Crippen LogP contribution is 2.49. The van der Waals surface area contributed by atoms with Crippen molar-refractivity contribution in [3.8, 4) is 0 Å². The van der Waals surface area contributed by atoms with Crippen LogP contribution in [0, 0.1) is 5.41 Å². The normalized spacial score (nSPS) is 26.2. The van der Waals surface area contributed by atoms with E-state index in [9.17, 15) is 18.0 Å². The molecule has 2 aliphatic rings. The molecule has 3 nitrogen and oxygen atoms in total. The van der Waals surface area contributed by atoms with Gasteiger partial charge in [0.2, 0.25) is 0 Å². The first-order valence-corrected chi connectivity index (χ1v) is 5.84. The summed E-state index contributed by atoms with van der Waals surface area (Å²) in [6.07, 6.45) is -3.88. The van der Waals surface area contributed by atoms with Gasteiger partial charge in [-0.3, -0.25) is 4.79 Å². The van der Waals surface area contributed by atoms with Crippen LogP contribution in [0.2, 0.25) is 0 Å². The Morgan fingerprint density at radius 1 is 1.35 bits per heavy atom. The molecule has 0 bridgehead atoms. The third kappa shape index (κ3) is 3.12. The lowest BCUT2D eigenvalue weighted by Gasteiger charge is -2.38. The lowest BCUT2D eigenvalue weighted by atomic mass is 10.1. The fourth-order valence-corrected chi connectivity index (χ4v) is 1.80. The number of amides is 1. The molecule has 1 aliphatic heterocycles. The summed E-state index contributed by atoms with van der Waals surface area (Å²) in [5.74, 6) is -1.79. The van der Waals surface area contributed by atoms with Crippen LogP contribution in [0.1, 0.15) is 33.6 Å². The van der Waals surface area contributed by atoms with Crippen molar-refractivity contribution in [2.75, 3.05) is 13.2 Å². The first kappa shape index (κ1) is 14.3. The van der Waals surface area contributed by atoms with Crippen molar-refractivity contribution in [3.05, 3.63) is 0 Å². The number of carbonyl (C=O) groups is 1. The van der Waals surface area contributed by atoms with Gasteiger partial charge in [-0.25, -0.2) is 0 Å². The molecule has 1 aliphatic carbocycles. The van der Waals surface area contributed by atoms with E-state index in [1.54, 1.807) is 0 Å². The van der Waals surface area contributed by atoms with Crippen LogP contribution in [0.3, 0.4) is 0 Å². The van der Waals surface area contributed by atoms with E-state index in [0.717, 1.165) is 17.7 Å². The molecule has 1 saturated carbocycles. The Kier molecular flexibility index (Phi) is 4.06. The second kappa shape index (κ2) is 4.84. The molecule has 0 aromatic heterocycles. The number of hydrogen-bond donors (Lipinski definition) is 0. The topological polar surface area (TPSA) is 29.5 Å². The van der Waals surface area contributed by atoms with E-state index in [1.807, 2.05) is 13.8 Å². The molecule has 1 saturated heterocycles. The van der Waals surface area contributed by atoms with Crippen molar-refractivity contribution in [1.29, 1.82) is 0 Å². The van der Waals surface area contributed by atoms with Gasteiger partial charge in [-0.15, -0.1) is 0 Å². The maximum Gasteiger partial charge on any atom is 0.471 e. The number of carbonyl (C=O) groups excluding carboxylic acids is 1. The number of halogens is 3. The summed E-state index contributed by atoms with van der Waals surface area (Å²) in [7, 11) is 0. The summed E-state index contributed by atoms with van der Waals surface area (Å²) in [6, 6.07) is 0. The van der Waals surface area contributed by atoms with E-state index in [2.05, 4.69) is 0 Å². The second-order valence-electron chi connectivity index (χ2n) is 4.34. The molecular weight excluding hydrogens is 235 g/mol. The first-order valence-electron chi connectivity index (χ1n) is 5.84. The molecule has 2 fully saturated rings. The van der Waals surface area contributed by atoms with E-state index in [4.69, 9.17) is 4.74 Å². The van der Waals surface area contributed by atoms with E-state index >= 15 is 0 Å². The predicted octanol–water partition coefficient (Wildman–Crippen LogP) is 2.56. The predicted molar refractivity (Wildman–Crippen MR) is 56.2 cm³/mol. The zero-order valence-corrected chi connectivity index (χ0v) is 10.3. The maximum absolute atomic E-state index is 12.2. The molecule has 1 amide bonds. The van der Waals surface area contributed by atoms with Crippen molar-refractivity contribution in [2.24, 2.45) is 5.41 Å². The fraction of sp³-hybridized carbons (Fsp3) is 0.909. The van der Waals surface area contributed by atoms with Crippen molar-refractivity contribution >= 4 is 5.91 Å². The summed E-state index contributed by atoms with van der Waals surface area (Å²) < 4.78 is 41.9. The molecule has 0 N–H and O–H groups in total. The molecule has 100 valence electrons. The number of alkyl halides is 3. The van der Waals surface area contributed by atoms with Crippen LogP contribution in [0.4, 0.5) is 13.2 Å². The van der Waals surface area contributed by atoms with E-state index in [0.29, 0.717) is 6.61 Å². The Bertz CT molecular complexity index is 287. The Morgan fingerprint density at radius 3 is 2.29 bits per heavy atom. The maximum atomic E-state index is 12.2. The van der Waals surface area contributed by atoms with Crippen molar-refractivity contribution < 1.29 is 22.7 Å². The first-order chi connectivity index (χ1) is 7.84. The molecule has 17 heavy (non-hydrogen) atoms. The van der Waals surface area contributed by atoms with E-state index < -0.39 is 18.3 Å². The minimum absolute atomic E-state index is 0.173. The van der Waals surface area contributed by atoms with Gasteiger partial charge in [-0.2, -0.15) is 13.2 Å². The molecule has 0 aromatic carbocycles. The lowest BCUT2D eigenvalue weighted by Crippen LogP contribution is -2.53. The van der Waals surface area contributed by atoms with Crippen LogP contribution in [0.5, 0.6) is 0 Å². The second-order valence-corrected chi connectivity index (χ2v) is 4.34. The fourth-order valence-electron chi connectivity index (χ4n) is 1.80. The van der Waals surface area contributed by atoms with Crippen LogP contribution >= 0.6 is 0 Å². The quantitative estimate of drug-likeness (QED) is 0.664. The van der Waals surface area contributed by atoms with Gasteiger partial charge in [0.15, 0.2) is 0 Å². The van der Waals surface area contributed by atoms with Crippen LogP contribution in [0.25, 0.3) is 0 Å². The summed E-state index contributed by atoms with van der Waals surface area (Å²) in [4.78, 5) is 11.9. The van der Waals surface area contributed by atoms with Crippen molar-refractivity contribution in [2.45, 2.75) is 46.0 Å². The van der Waals surface area contributed by atoms with Crippen molar-refractivity contribution in [3.63, 3.8) is 0 Å². The van der Waals surface area contributed by atoms with E-state index in [-0.39, 0.29) is 12.0 Å². The highest BCUT2D eigenvalue weighted by Gasteiger charge is 2.53. The van der Waals surface area contributed by atoms with Gasteiger partial charge in [0, 0.05) is 12.0 Å². The largest absolute Gasteiger partial charge is 0.471 e. The average molecular weight is 253 g/mol. The molecule has 0 radical (unpaired) electrons. The minimum Gasteiger partial charge on any atom is -0.358 e. The molecule has 1 spiro atoms. The Balaban J connectivity index is 0.000000686. The van der Waals surface area contributed by atoms with Gasteiger partial charge in [-0.1, -0.05) is 13.8 Å². The Labute approximate surface area is 98.9 Å². The average Bonchev–Trinajstić information content (AvgIpc) is 3.03. The molecule has 1 unspecified atom stereocenters. The summed E-state index contributed by atoms with van der Waals surface area (Å²) >= 11 is 0. The van der Waals surface area contributed by atoms with Crippen LogP contribution < -0.4 is 0 Å². The minimum atomic E-state index is -4.80. The van der Waals surface area contributed by atoms with E-state index in [1.165, 1.54) is 6.92 Å². The van der Waals surface area contributed by atoms with Crippen LogP contribution in [-0.2, 0) is 9.53 Å². The number of hydrogen-bond acceptors (Lipinski definition) is 2. The van der Waals surface area contributed by atoms with Gasteiger partial charge < -0.3 is 9.64 Å². The van der Waals surface area contributed by atoms with Gasteiger partial charge >= 0.3 is 12.1 Å². The third-order valence-corrected chi connectivity index (χ3v) is 3.04. The summed E-state index contributed by atoms with van der Waals surface area (Å²) in [6.45, 7) is 6.11. The van der Waals surface area contributed by atoms with Crippen LogP contribution in [-0.4, -0.2) is 36.4 Å². The molecule has 1 heterocycles. The Hall–Kier alpha value is -0.780. The number of nitrogens with zero attached hydrogens (tertiary/aromatic N) is 1. The van der Waals surface area contributed by atoms with Crippen LogP contribution in [0.15, 0.2) is 0 Å². The third-order valence-electron chi connectivity index (χ3n) is 3.04. The monoisotopic (exact) mass is 253 g/mol. The van der Waals surface area contributed by atoms with Gasteiger partial charge in [-0.05, 0) is 19.8 Å². The Morgan fingerprint density at radius 2 is 1.88 bits per heavy atom. The van der Waals surface area contributed by atoms with Gasteiger partial charge in [0.1, 0.15) is 6.23 Å². The molecule has 6 heteroatoms. The number of rotatable bonds is 0. The smallest absolute Gasteiger partial charge is 0.358 e. The molecule has 1 atom stereocenters. The van der Waals surface area contributed by atoms with Gasteiger partial charge in [0.25, 0.3) is 0 Å². The number of ether oxygens (including phenoxy) is 1. The molecule has 2 rings (SSSR count). The zero-order chi connectivity index (χ0) is 13.3. The summed E-state index contributed by atoms with van der Waals surface area (Å²) in [5.41, 5.74) is -0.187.